The summed E-state index contributed by atoms with van der Waals surface area (Å²) in [5.41, 5.74) is 8.71. The van der Waals surface area contributed by atoms with E-state index in [1.165, 1.54) is 0 Å². The Bertz CT molecular complexity index is 1100. The van der Waals surface area contributed by atoms with Gasteiger partial charge < -0.3 is 19.8 Å². The highest BCUT2D eigenvalue weighted by atomic mass is 16.5. The number of morpholine rings is 1. The van der Waals surface area contributed by atoms with Crippen LogP contribution < -0.4 is 10.6 Å². The largest absolute Gasteiger partial charge is 0.450 e. The van der Waals surface area contributed by atoms with Gasteiger partial charge in [-0.05, 0) is 0 Å². The summed E-state index contributed by atoms with van der Waals surface area (Å²) in [5.74, 6) is 2.26. The van der Waals surface area contributed by atoms with Crippen LogP contribution in [0.15, 0.2) is 53.2 Å². The van der Waals surface area contributed by atoms with E-state index in [1.54, 1.807) is 12.4 Å². The summed E-state index contributed by atoms with van der Waals surface area (Å²) in [5, 5.41) is 0. The number of nitrogen functional groups attached to an aromatic ring is 1. The highest BCUT2D eigenvalue weighted by Gasteiger charge is 2.22. The number of nitrogens with zero attached hydrogens (tertiary/aromatic N) is 5. The topological polar surface area (TPSA) is 103 Å². The van der Waals surface area contributed by atoms with E-state index in [-0.39, 0.29) is 5.95 Å². The van der Waals surface area contributed by atoms with E-state index in [1.807, 2.05) is 36.4 Å². The summed E-state index contributed by atoms with van der Waals surface area (Å²) in [6, 6.07) is 11.9. The summed E-state index contributed by atoms with van der Waals surface area (Å²) in [4.78, 5) is 19.7. The molecule has 0 amide bonds. The molecule has 0 saturated carbocycles. The first-order chi connectivity index (χ1) is 13.8. The van der Waals surface area contributed by atoms with Crippen LogP contribution in [0.1, 0.15) is 0 Å². The molecule has 4 aromatic rings. The molecule has 4 heterocycles. The predicted octanol–water partition coefficient (Wildman–Crippen LogP) is 2.77. The second-order valence-electron chi connectivity index (χ2n) is 6.49. The molecule has 3 aromatic heterocycles. The molecule has 1 aromatic carbocycles. The summed E-state index contributed by atoms with van der Waals surface area (Å²) < 4.78 is 11.7. The number of benzene rings is 1. The Kier molecular flexibility index (Phi) is 4.10. The molecule has 0 bridgehead atoms. The van der Waals surface area contributed by atoms with Gasteiger partial charge in [0, 0.05) is 37.1 Å². The van der Waals surface area contributed by atoms with Crippen molar-refractivity contribution in [3.8, 4) is 22.7 Å². The van der Waals surface area contributed by atoms with Crippen LogP contribution in [-0.2, 0) is 4.74 Å². The van der Waals surface area contributed by atoms with Gasteiger partial charge in [0.1, 0.15) is 11.3 Å². The van der Waals surface area contributed by atoms with Crippen molar-refractivity contribution in [3.05, 3.63) is 48.8 Å². The number of nitrogens with two attached hydrogens (primary N) is 1. The van der Waals surface area contributed by atoms with Gasteiger partial charge in [-0.3, -0.25) is 0 Å². The third-order valence-corrected chi connectivity index (χ3v) is 4.65. The lowest BCUT2D eigenvalue weighted by atomic mass is 10.2. The van der Waals surface area contributed by atoms with E-state index in [4.69, 9.17) is 24.9 Å². The zero-order valence-corrected chi connectivity index (χ0v) is 15.1. The molecule has 8 heteroatoms. The Morgan fingerprint density at radius 1 is 0.929 bits per heavy atom. The molecule has 0 unspecified atom stereocenters. The van der Waals surface area contributed by atoms with Crippen molar-refractivity contribution in [1.82, 2.24) is 19.9 Å². The van der Waals surface area contributed by atoms with Crippen LogP contribution in [0.2, 0.25) is 0 Å². The van der Waals surface area contributed by atoms with Crippen molar-refractivity contribution < 1.29 is 9.15 Å². The van der Waals surface area contributed by atoms with E-state index in [0.717, 1.165) is 35.7 Å². The van der Waals surface area contributed by atoms with Gasteiger partial charge in [0.2, 0.25) is 5.95 Å². The van der Waals surface area contributed by atoms with Crippen molar-refractivity contribution in [2.24, 2.45) is 0 Å². The summed E-state index contributed by atoms with van der Waals surface area (Å²) in [6.07, 6.45) is 3.26. The lowest BCUT2D eigenvalue weighted by Crippen LogP contribution is -2.37. The molecule has 2 N–H and O–H groups in total. The number of fused-ring (bicyclic) bond motifs is 1. The van der Waals surface area contributed by atoms with E-state index in [0.29, 0.717) is 30.2 Å². The lowest BCUT2D eigenvalue weighted by molar-refractivity contribution is 0.122. The van der Waals surface area contributed by atoms with Crippen LogP contribution in [0.25, 0.3) is 33.8 Å². The molecule has 0 spiro atoms. The molecular formula is C20H18N6O2. The number of rotatable bonds is 3. The molecular weight excluding hydrogens is 356 g/mol. The van der Waals surface area contributed by atoms with Gasteiger partial charge in [0.05, 0.1) is 18.8 Å². The van der Waals surface area contributed by atoms with Crippen molar-refractivity contribution >= 4 is 22.9 Å². The predicted molar refractivity (Wildman–Crippen MR) is 106 cm³/mol. The lowest BCUT2D eigenvalue weighted by Gasteiger charge is -2.27. The van der Waals surface area contributed by atoms with Crippen molar-refractivity contribution in [1.29, 1.82) is 0 Å². The molecule has 1 fully saturated rings. The molecule has 0 radical (unpaired) electrons. The number of furan rings is 1. The van der Waals surface area contributed by atoms with Crippen LogP contribution in [0.3, 0.4) is 0 Å². The van der Waals surface area contributed by atoms with Crippen LogP contribution in [0.4, 0.5) is 11.8 Å². The van der Waals surface area contributed by atoms with Gasteiger partial charge in [-0.1, -0.05) is 30.3 Å². The molecule has 1 aliphatic rings. The Morgan fingerprint density at radius 2 is 1.68 bits per heavy atom. The molecule has 5 rings (SSSR count). The van der Waals surface area contributed by atoms with Crippen LogP contribution >= 0.6 is 0 Å². The number of hydrogen-bond donors (Lipinski definition) is 1. The second kappa shape index (κ2) is 6.90. The smallest absolute Gasteiger partial charge is 0.219 e. The van der Waals surface area contributed by atoms with E-state index < -0.39 is 0 Å². The minimum absolute atomic E-state index is 0.216. The Balaban J connectivity index is 1.68. The van der Waals surface area contributed by atoms with Crippen LogP contribution in [0, 0.1) is 0 Å². The van der Waals surface area contributed by atoms with E-state index in [9.17, 15) is 0 Å². The van der Waals surface area contributed by atoms with Gasteiger partial charge in [-0.15, -0.1) is 0 Å². The maximum atomic E-state index is 6.19. The summed E-state index contributed by atoms with van der Waals surface area (Å²) >= 11 is 0. The standard InChI is InChI=1S/C20H18N6O2/c21-20-22-11-14(12-23-20)18-24-15-10-16(13-4-2-1-3-5-13)28-17(15)19(25-18)26-6-8-27-9-7-26/h1-5,10-12H,6-9H2,(H2,21,22,23). The maximum Gasteiger partial charge on any atom is 0.219 e. The van der Waals surface area contributed by atoms with Crippen LogP contribution in [-0.4, -0.2) is 46.2 Å². The monoisotopic (exact) mass is 374 g/mol. The Hall–Kier alpha value is -3.52. The minimum atomic E-state index is 0.216. The first-order valence-corrected chi connectivity index (χ1v) is 9.05. The van der Waals surface area contributed by atoms with Gasteiger partial charge in [-0.25, -0.2) is 19.9 Å². The molecule has 8 nitrogen and oxygen atoms in total. The number of ether oxygens (including phenoxy) is 1. The third kappa shape index (κ3) is 3.03. The van der Waals surface area contributed by atoms with Gasteiger partial charge in [0.25, 0.3) is 0 Å². The van der Waals surface area contributed by atoms with Crippen LogP contribution in [0.5, 0.6) is 0 Å². The Labute approximate surface area is 161 Å². The summed E-state index contributed by atoms with van der Waals surface area (Å²) in [6.45, 7) is 2.78. The molecule has 1 aliphatic heterocycles. The number of aromatic nitrogens is 4. The number of anilines is 2. The zero-order valence-electron chi connectivity index (χ0n) is 15.1. The van der Waals surface area contributed by atoms with Crippen molar-refractivity contribution in [2.75, 3.05) is 36.9 Å². The first kappa shape index (κ1) is 16.6. The molecule has 28 heavy (non-hydrogen) atoms. The molecule has 0 atom stereocenters. The third-order valence-electron chi connectivity index (χ3n) is 4.65. The van der Waals surface area contributed by atoms with Gasteiger partial charge in [0.15, 0.2) is 17.2 Å². The van der Waals surface area contributed by atoms with E-state index in [2.05, 4.69) is 14.9 Å². The normalized spacial score (nSPS) is 14.5. The SMILES string of the molecule is Nc1ncc(-c2nc(N3CCOCC3)c3oc(-c4ccccc4)cc3n2)cn1. The van der Waals surface area contributed by atoms with Crippen molar-refractivity contribution in [3.63, 3.8) is 0 Å². The second-order valence-corrected chi connectivity index (χ2v) is 6.49. The average molecular weight is 374 g/mol. The molecule has 140 valence electrons. The molecule has 1 saturated heterocycles. The maximum absolute atomic E-state index is 6.19. The van der Waals surface area contributed by atoms with Gasteiger partial charge >= 0.3 is 0 Å². The first-order valence-electron chi connectivity index (χ1n) is 9.05. The fourth-order valence-corrected chi connectivity index (χ4v) is 3.23. The van der Waals surface area contributed by atoms with E-state index >= 15 is 0 Å². The zero-order chi connectivity index (χ0) is 18.9. The highest BCUT2D eigenvalue weighted by Crippen LogP contribution is 2.34. The quantitative estimate of drug-likeness (QED) is 0.584. The highest BCUT2D eigenvalue weighted by molar-refractivity contribution is 5.89. The summed E-state index contributed by atoms with van der Waals surface area (Å²) in [7, 11) is 0. The average Bonchev–Trinajstić information content (AvgIpc) is 3.19. The van der Waals surface area contributed by atoms with Crippen molar-refractivity contribution in [2.45, 2.75) is 0 Å². The number of hydrogen-bond acceptors (Lipinski definition) is 8. The fraction of sp³-hybridized carbons (Fsp3) is 0.200. The fourth-order valence-electron chi connectivity index (χ4n) is 3.23. The minimum Gasteiger partial charge on any atom is -0.450 e. The Morgan fingerprint density at radius 3 is 2.43 bits per heavy atom. The molecule has 0 aliphatic carbocycles. The van der Waals surface area contributed by atoms with Gasteiger partial charge in [-0.2, -0.15) is 0 Å².